The fourth-order valence-corrected chi connectivity index (χ4v) is 2.38. The van der Waals surface area contributed by atoms with Gasteiger partial charge < -0.3 is 10.0 Å². The number of hydrogen-bond donors (Lipinski definition) is 1. The zero-order chi connectivity index (χ0) is 14.0. The first-order valence-electron chi connectivity index (χ1n) is 6.18. The van der Waals surface area contributed by atoms with E-state index in [9.17, 15) is 14.9 Å². The van der Waals surface area contributed by atoms with E-state index in [0.29, 0.717) is 6.54 Å². The SMILES string of the molecule is CC(=O)c1cc(N2CCC(CO)C2)ccc1[N+](=O)[O-]. The van der Waals surface area contributed by atoms with Crippen molar-refractivity contribution in [3.8, 4) is 0 Å². The fraction of sp³-hybridized carbons (Fsp3) is 0.462. The molecule has 19 heavy (non-hydrogen) atoms. The lowest BCUT2D eigenvalue weighted by Crippen LogP contribution is -2.21. The topological polar surface area (TPSA) is 83.7 Å². The van der Waals surface area contributed by atoms with Gasteiger partial charge in [-0.2, -0.15) is 0 Å². The van der Waals surface area contributed by atoms with Crippen molar-refractivity contribution in [1.82, 2.24) is 0 Å². The van der Waals surface area contributed by atoms with Crippen LogP contribution in [0.15, 0.2) is 18.2 Å². The van der Waals surface area contributed by atoms with Crippen molar-refractivity contribution in [1.29, 1.82) is 0 Å². The third-order valence-electron chi connectivity index (χ3n) is 3.47. The Bertz CT molecular complexity index is 515. The second-order valence-corrected chi connectivity index (χ2v) is 4.80. The maximum atomic E-state index is 11.5. The molecule has 1 saturated heterocycles. The zero-order valence-corrected chi connectivity index (χ0v) is 10.7. The molecule has 0 amide bonds. The zero-order valence-electron chi connectivity index (χ0n) is 10.7. The van der Waals surface area contributed by atoms with Gasteiger partial charge in [0.1, 0.15) is 0 Å². The molecule has 1 heterocycles. The van der Waals surface area contributed by atoms with Gasteiger partial charge in [-0.3, -0.25) is 14.9 Å². The Balaban J connectivity index is 2.31. The standard InChI is InChI=1S/C13H16N2O4/c1-9(17)12-6-11(2-3-13(12)15(18)19)14-5-4-10(7-14)8-16/h2-3,6,10,16H,4-5,7-8H2,1H3. The number of rotatable bonds is 4. The molecule has 0 aromatic heterocycles. The smallest absolute Gasteiger partial charge is 0.280 e. The second-order valence-electron chi connectivity index (χ2n) is 4.80. The molecule has 2 rings (SSSR count). The van der Waals surface area contributed by atoms with Gasteiger partial charge in [0.2, 0.25) is 0 Å². The number of ketones is 1. The van der Waals surface area contributed by atoms with E-state index in [-0.39, 0.29) is 29.6 Å². The highest BCUT2D eigenvalue weighted by molar-refractivity contribution is 5.99. The number of nitro benzene ring substituents is 1. The highest BCUT2D eigenvalue weighted by Gasteiger charge is 2.24. The van der Waals surface area contributed by atoms with Gasteiger partial charge in [0.25, 0.3) is 5.69 Å². The normalized spacial score (nSPS) is 18.6. The Morgan fingerprint density at radius 3 is 2.84 bits per heavy atom. The molecule has 1 aliphatic rings. The molecule has 6 heteroatoms. The largest absolute Gasteiger partial charge is 0.396 e. The molecule has 1 N–H and O–H groups in total. The molecule has 6 nitrogen and oxygen atoms in total. The summed E-state index contributed by atoms with van der Waals surface area (Å²) in [6.07, 6.45) is 0.892. The van der Waals surface area contributed by atoms with Crippen LogP contribution in [0, 0.1) is 16.0 Å². The highest BCUT2D eigenvalue weighted by Crippen LogP contribution is 2.29. The second kappa shape index (κ2) is 5.36. The van der Waals surface area contributed by atoms with Gasteiger partial charge in [-0.25, -0.2) is 0 Å². The number of carbonyl (C=O) groups is 1. The van der Waals surface area contributed by atoms with Crippen molar-refractivity contribution < 1.29 is 14.8 Å². The van der Waals surface area contributed by atoms with Crippen LogP contribution in [0.4, 0.5) is 11.4 Å². The Morgan fingerprint density at radius 1 is 1.58 bits per heavy atom. The van der Waals surface area contributed by atoms with Gasteiger partial charge in [-0.15, -0.1) is 0 Å². The maximum absolute atomic E-state index is 11.5. The number of nitrogens with zero attached hydrogens (tertiary/aromatic N) is 2. The van der Waals surface area contributed by atoms with E-state index in [1.54, 1.807) is 12.1 Å². The number of aliphatic hydroxyl groups excluding tert-OH is 1. The van der Waals surface area contributed by atoms with Gasteiger partial charge in [0, 0.05) is 37.4 Å². The molecule has 1 unspecified atom stereocenters. The van der Waals surface area contributed by atoms with E-state index in [4.69, 9.17) is 5.11 Å². The Kier molecular flexibility index (Phi) is 3.80. The average molecular weight is 264 g/mol. The van der Waals surface area contributed by atoms with Crippen molar-refractivity contribution in [2.45, 2.75) is 13.3 Å². The minimum absolute atomic E-state index is 0.134. The quantitative estimate of drug-likeness (QED) is 0.507. The number of aliphatic hydroxyl groups is 1. The van der Waals surface area contributed by atoms with E-state index >= 15 is 0 Å². The lowest BCUT2D eigenvalue weighted by molar-refractivity contribution is -0.385. The molecule has 1 aliphatic heterocycles. The lowest BCUT2D eigenvalue weighted by Gasteiger charge is -2.18. The monoisotopic (exact) mass is 264 g/mol. The third kappa shape index (κ3) is 2.73. The maximum Gasteiger partial charge on any atom is 0.280 e. The van der Waals surface area contributed by atoms with Crippen LogP contribution in [0.5, 0.6) is 0 Å². The summed E-state index contributed by atoms with van der Waals surface area (Å²) < 4.78 is 0. The van der Waals surface area contributed by atoms with Crippen molar-refractivity contribution in [3.63, 3.8) is 0 Å². The molecule has 1 aromatic carbocycles. The molecule has 0 aliphatic carbocycles. The van der Waals surface area contributed by atoms with Crippen LogP contribution < -0.4 is 4.90 Å². The first-order valence-corrected chi connectivity index (χ1v) is 6.18. The number of nitro groups is 1. The summed E-state index contributed by atoms with van der Waals surface area (Å²) in [5, 5.41) is 20.0. The Labute approximate surface area is 110 Å². The van der Waals surface area contributed by atoms with E-state index in [0.717, 1.165) is 18.7 Å². The summed E-state index contributed by atoms with van der Waals surface area (Å²) in [5.74, 6) is -0.0811. The number of benzene rings is 1. The summed E-state index contributed by atoms with van der Waals surface area (Å²) >= 11 is 0. The van der Waals surface area contributed by atoms with Gasteiger partial charge in [0.05, 0.1) is 10.5 Å². The molecule has 0 spiro atoms. The van der Waals surface area contributed by atoms with Crippen molar-refractivity contribution in [2.75, 3.05) is 24.6 Å². The highest BCUT2D eigenvalue weighted by atomic mass is 16.6. The number of anilines is 1. The lowest BCUT2D eigenvalue weighted by atomic mass is 10.1. The summed E-state index contributed by atoms with van der Waals surface area (Å²) in [7, 11) is 0. The Morgan fingerprint density at radius 2 is 2.32 bits per heavy atom. The molecule has 1 aromatic rings. The van der Waals surface area contributed by atoms with E-state index in [1.165, 1.54) is 13.0 Å². The van der Waals surface area contributed by atoms with Crippen molar-refractivity contribution in [3.05, 3.63) is 33.9 Å². The predicted octanol–water partition coefficient (Wildman–Crippen LogP) is 1.62. The molecular weight excluding hydrogens is 248 g/mol. The van der Waals surface area contributed by atoms with E-state index in [2.05, 4.69) is 0 Å². The number of Topliss-reactive ketones (excluding diaryl/α,β-unsaturated/α-hetero) is 1. The fourth-order valence-electron chi connectivity index (χ4n) is 2.38. The van der Waals surface area contributed by atoms with Gasteiger partial charge in [-0.05, 0) is 25.5 Å². The van der Waals surface area contributed by atoms with Crippen LogP contribution in [0.2, 0.25) is 0 Å². The number of hydrogen-bond acceptors (Lipinski definition) is 5. The van der Waals surface area contributed by atoms with Crippen LogP contribution in [0.3, 0.4) is 0 Å². The van der Waals surface area contributed by atoms with Gasteiger partial charge in [0.15, 0.2) is 5.78 Å². The summed E-state index contributed by atoms with van der Waals surface area (Å²) in [4.78, 5) is 23.9. The summed E-state index contributed by atoms with van der Waals surface area (Å²) in [6.45, 7) is 2.97. The van der Waals surface area contributed by atoms with Crippen molar-refractivity contribution >= 4 is 17.2 Å². The molecular formula is C13H16N2O4. The van der Waals surface area contributed by atoms with Crippen LogP contribution in [-0.4, -0.2) is 35.5 Å². The molecule has 1 fully saturated rings. The minimum atomic E-state index is -0.541. The third-order valence-corrected chi connectivity index (χ3v) is 3.47. The molecule has 0 saturated carbocycles. The number of carbonyl (C=O) groups excluding carboxylic acids is 1. The van der Waals surface area contributed by atoms with Crippen LogP contribution in [0.1, 0.15) is 23.7 Å². The molecule has 0 radical (unpaired) electrons. The van der Waals surface area contributed by atoms with E-state index < -0.39 is 4.92 Å². The average Bonchev–Trinajstić information content (AvgIpc) is 2.86. The summed E-state index contributed by atoms with van der Waals surface area (Å²) in [6, 6.07) is 4.60. The van der Waals surface area contributed by atoms with Crippen molar-refractivity contribution in [2.24, 2.45) is 5.92 Å². The van der Waals surface area contributed by atoms with Crippen LogP contribution >= 0.6 is 0 Å². The predicted molar refractivity (Wildman–Crippen MR) is 70.5 cm³/mol. The van der Waals surface area contributed by atoms with Crippen LogP contribution in [0.25, 0.3) is 0 Å². The molecule has 1 atom stereocenters. The first-order chi connectivity index (χ1) is 9.02. The molecule has 0 bridgehead atoms. The van der Waals surface area contributed by atoms with Crippen LogP contribution in [-0.2, 0) is 0 Å². The first kappa shape index (κ1) is 13.5. The van der Waals surface area contributed by atoms with Gasteiger partial charge in [-0.1, -0.05) is 0 Å². The Hall–Kier alpha value is -1.95. The van der Waals surface area contributed by atoms with Gasteiger partial charge >= 0.3 is 0 Å². The van der Waals surface area contributed by atoms with E-state index in [1.807, 2.05) is 4.90 Å². The summed E-state index contributed by atoms with van der Waals surface area (Å²) in [5.41, 5.74) is 0.774. The minimum Gasteiger partial charge on any atom is -0.396 e. The molecule has 102 valence electrons.